The topological polar surface area (TPSA) is 79.8 Å². The van der Waals surface area contributed by atoms with Crippen molar-refractivity contribution in [3.63, 3.8) is 0 Å². The summed E-state index contributed by atoms with van der Waals surface area (Å²) in [4.78, 5) is 27.5. The average molecular weight is 413 g/mol. The van der Waals surface area contributed by atoms with Crippen LogP contribution in [0.2, 0.25) is 10.0 Å². The molecule has 2 aromatic carbocycles. The van der Waals surface area contributed by atoms with Gasteiger partial charge < -0.3 is 10.3 Å². The summed E-state index contributed by atoms with van der Waals surface area (Å²) >= 11 is 12.3. The van der Waals surface area contributed by atoms with Crippen LogP contribution in [0, 0.1) is 0 Å². The first-order valence-corrected chi connectivity index (χ1v) is 9.16. The molecule has 0 bridgehead atoms. The van der Waals surface area contributed by atoms with Gasteiger partial charge in [-0.15, -0.1) is 0 Å². The number of pyridine rings is 1. The molecule has 2 N–H and O–H groups in total. The Labute approximate surface area is 169 Å². The third-order valence-electron chi connectivity index (χ3n) is 4.30. The molecule has 0 saturated heterocycles. The number of aromatic nitrogens is 3. The normalized spacial score (nSPS) is 10.9. The van der Waals surface area contributed by atoms with E-state index in [1.807, 2.05) is 12.1 Å². The van der Waals surface area contributed by atoms with Crippen molar-refractivity contribution in [1.82, 2.24) is 14.8 Å². The number of carbonyl (C=O) groups excluding carboxylic acids is 1. The minimum Gasteiger partial charge on any atom is -0.322 e. The lowest BCUT2D eigenvalue weighted by molar-refractivity contribution is 0.102. The molecule has 4 rings (SSSR count). The van der Waals surface area contributed by atoms with Crippen molar-refractivity contribution in [3.8, 4) is 0 Å². The van der Waals surface area contributed by atoms with E-state index < -0.39 is 5.91 Å². The van der Waals surface area contributed by atoms with Crippen molar-refractivity contribution in [2.75, 3.05) is 5.32 Å². The molecule has 0 atom stereocenters. The SMILES string of the molecule is O=C(Nc1ccnn1Cc1cccc(Cl)c1Cl)c1cc(=O)[nH]c2ccccc12. The predicted octanol–water partition coefficient (Wildman–Crippen LogP) is 4.33. The zero-order valence-corrected chi connectivity index (χ0v) is 16.0. The second-order valence-corrected chi connectivity index (χ2v) is 6.92. The van der Waals surface area contributed by atoms with Gasteiger partial charge in [-0.05, 0) is 17.7 Å². The molecule has 2 heterocycles. The molecular weight excluding hydrogens is 399 g/mol. The van der Waals surface area contributed by atoms with Gasteiger partial charge in [0.15, 0.2) is 0 Å². The monoisotopic (exact) mass is 412 g/mol. The highest BCUT2D eigenvalue weighted by Gasteiger charge is 2.15. The number of nitrogens with zero attached hydrogens (tertiary/aromatic N) is 2. The van der Waals surface area contributed by atoms with E-state index >= 15 is 0 Å². The summed E-state index contributed by atoms with van der Waals surface area (Å²) in [6, 6.07) is 15.4. The van der Waals surface area contributed by atoms with Gasteiger partial charge in [-0.1, -0.05) is 53.5 Å². The largest absolute Gasteiger partial charge is 0.322 e. The van der Waals surface area contributed by atoms with E-state index in [9.17, 15) is 9.59 Å². The van der Waals surface area contributed by atoms with Crippen LogP contribution in [-0.4, -0.2) is 20.7 Å². The summed E-state index contributed by atoms with van der Waals surface area (Å²) in [7, 11) is 0. The lowest BCUT2D eigenvalue weighted by Crippen LogP contribution is -2.19. The lowest BCUT2D eigenvalue weighted by Gasteiger charge is -2.11. The molecule has 8 heteroatoms. The number of hydrogen-bond acceptors (Lipinski definition) is 3. The smallest absolute Gasteiger partial charge is 0.257 e. The van der Waals surface area contributed by atoms with E-state index in [1.165, 1.54) is 6.07 Å². The summed E-state index contributed by atoms with van der Waals surface area (Å²) in [5.74, 6) is 0.0756. The average Bonchev–Trinajstić information content (AvgIpc) is 3.11. The highest BCUT2D eigenvalue weighted by molar-refractivity contribution is 6.42. The number of amides is 1. The molecule has 0 aliphatic rings. The molecule has 0 unspecified atom stereocenters. The Balaban J connectivity index is 1.65. The maximum absolute atomic E-state index is 12.9. The number of aromatic amines is 1. The molecule has 140 valence electrons. The van der Waals surface area contributed by atoms with Crippen LogP contribution in [-0.2, 0) is 6.54 Å². The van der Waals surface area contributed by atoms with E-state index in [0.29, 0.717) is 33.3 Å². The van der Waals surface area contributed by atoms with Gasteiger partial charge in [0.1, 0.15) is 5.82 Å². The molecule has 4 aromatic rings. The minimum absolute atomic E-state index is 0.285. The number of hydrogen-bond donors (Lipinski definition) is 2. The predicted molar refractivity (Wildman–Crippen MR) is 110 cm³/mol. The highest BCUT2D eigenvalue weighted by Crippen LogP contribution is 2.27. The number of para-hydroxylation sites is 1. The van der Waals surface area contributed by atoms with Gasteiger partial charge >= 0.3 is 0 Å². The van der Waals surface area contributed by atoms with Crippen LogP contribution in [0.3, 0.4) is 0 Å². The maximum atomic E-state index is 12.9. The third kappa shape index (κ3) is 3.52. The molecule has 0 radical (unpaired) electrons. The zero-order chi connectivity index (χ0) is 19.7. The van der Waals surface area contributed by atoms with Crippen LogP contribution in [0.1, 0.15) is 15.9 Å². The van der Waals surface area contributed by atoms with Crippen LogP contribution in [0.15, 0.2) is 65.6 Å². The van der Waals surface area contributed by atoms with Gasteiger partial charge in [0.25, 0.3) is 5.91 Å². The van der Waals surface area contributed by atoms with Crippen molar-refractivity contribution >= 4 is 45.8 Å². The van der Waals surface area contributed by atoms with Crippen molar-refractivity contribution in [1.29, 1.82) is 0 Å². The van der Waals surface area contributed by atoms with E-state index in [2.05, 4.69) is 15.4 Å². The number of anilines is 1. The van der Waals surface area contributed by atoms with Gasteiger partial charge in [0.05, 0.1) is 28.4 Å². The fraction of sp³-hybridized carbons (Fsp3) is 0.0500. The van der Waals surface area contributed by atoms with Crippen molar-refractivity contribution < 1.29 is 4.79 Å². The zero-order valence-electron chi connectivity index (χ0n) is 14.4. The Morgan fingerprint density at radius 3 is 2.79 bits per heavy atom. The van der Waals surface area contributed by atoms with Gasteiger partial charge in [0, 0.05) is 23.0 Å². The molecular formula is C20H14Cl2N4O2. The number of carbonyl (C=O) groups is 1. The molecule has 0 aliphatic carbocycles. The highest BCUT2D eigenvalue weighted by atomic mass is 35.5. The molecule has 6 nitrogen and oxygen atoms in total. The molecule has 0 saturated carbocycles. The number of rotatable bonds is 4. The Kier molecular flexibility index (Phi) is 4.90. The van der Waals surface area contributed by atoms with Gasteiger partial charge in [-0.25, -0.2) is 4.68 Å². The third-order valence-corrected chi connectivity index (χ3v) is 5.16. The summed E-state index contributed by atoms with van der Waals surface area (Å²) in [6.45, 7) is 0.331. The Morgan fingerprint density at radius 2 is 1.93 bits per heavy atom. The van der Waals surface area contributed by atoms with Crippen molar-refractivity contribution in [2.24, 2.45) is 0 Å². The quantitative estimate of drug-likeness (QED) is 0.523. The fourth-order valence-electron chi connectivity index (χ4n) is 2.97. The number of fused-ring (bicyclic) bond motifs is 1. The molecule has 28 heavy (non-hydrogen) atoms. The van der Waals surface area contributed by atoms with E-state index in [-0.39, 0.29) is 11.1 Å². The summed E-state index contributed by atoms with van der Waals surface area (Å²) in [6.07, 6.45) is 1.57. The molecule has 2 aromatic heterocycles. The lowest BCUT2D eigenvalue weighted by atomic mass is 10.1. The van der Waals surface area contributed by atoms with Crippen molar-refractivity contribution in [2.45, 2.75) is 6.54 Å². The van der Waals surface area contributed by atoms with Crippen LogP contribution in [0.4, 0.5) is 5.82 Å². The first kappa shape index (κ1) is 18.3. The second-order valence-electron chi connectivity index (χ2n) is 6.13. The first-order valence-electron chi connectivity index (χ1n) is 8.41. The van der Waals surface area contributed by atoms with Gasteiger partial charge in [-0.3, -0.25) is 9.59 Å². The Hall–Kier alpha value is -3.09. The molecule has 0 spiro atoms. The number of H-pyrrole nitrogens is 1. The fourth-order valence-corrected chi connectivity index (χ4v) is 3.35. The summed E-state index contributed by atoms with van der Waals surface area (Å²) in [5, 5.41) is 8.60. The Bertz CT molecular complexity index is 1250. The van der Waals surface area contributed by atoms with Crippen molar-refractivity contribution in [3.05, 3.63) is 92.3 Å². The summed E-state index contributed by atoms with van der Waals surface area (Å²) in [5.41, 5.74) is 1.31. The van der Waals surface area contributed by atoms with E-state index in [0.717, 1.165) is 5.56 Å². The van der Waals surface area contributed by atoms with Crippen LogP contribution >= 0.6 is 23.2 Å². The molecule has 0 fully saturated rings. The minimum atomic E-state index is -0.402. The second kappa shape index (κ2) is 7.50. The number of halogens is 2. The van der Waals surface area contributed by atoms with Crippen LogP contribution in [0.5, 0.6) is 0 Å². The van der Waals surface area contributed by atoms with Gasteiger partial charge in [-0.2, -0.15) is 5.10 Å². The molecule has 0 aliphatic heterocycles. The van der Waals surface area contributed by atoms with E-state index in [1.54, 1.807) is 47.3 Å². The summed E-state index contributed by atoms with van der Waals surface area (Å²) < 4.78 is 1.60. The van der Waals surface area contributed by atoms with Gasteiger partial charge in [0.2, 0.25) is 5.56 Å². The Morgan fingerprint density at radius 1 is 1.11 bits per heavy atom. The standard InChI is InChI=1S/C20H14Cl2N4O2/c21-15-6-3-4-12(19(15)22)11-26-17(8-9-23-26)25-20(28)14-10-18(27)24-16-7-2-1-5-13(14)16/h1-10H,11H2,(H,24,27)(H,25,28). The van der Waals surface area contributed by atoms with E-state index in [4.69, 9.17) is 23.2 Å². The van der Waals surface area contributed by atoms with Crippen LogP contribution < -0.4 is 10.9 Å². The number of nitrogens with one attached hydrogen (secondary N) is 2. The number of benzene rings is 2. The van der Waals surface area contributed by atoms with Crippen LogP contribution in [0.25, 0.3) is 10.9 Å². The molecule has 1 amide bonds. The first-order chi connectivity index (χ1) is 13.5. The maximum Gasteiger partial charge on any atom is 0.257 e.